The first-order chi connectivity index (χ1) is 4.22. The number of halogens is 1. The average Bonchev–Trinajstić information content (AvgIpc) is 1.83. The van der Waals surface area contributed by atoms with Crippen molar-refractivity contribution in [3.63, 3.8) is 0 Å². The number of hydrogen-bond donors (Lipinski definition) is 1. The third kappa shape index (κ3) is 1.02. The molecule has 0 saturated heterocycles. The summed E-state index contributed by atoms with van der Waals surface area (Å²) in [4.78, 5) is 0. The van der Waals surface area contributed by atoms with Gasteiger partial charge in [-0.15, -0.1) is 0 Å². The maximum absolute atomic E-state index is 12.4. The van der Waals surface area contributed by atoms with Crippen LogP contribution in [-0.2, 0) is 0 Å². The summed E-state index contributed by atoms with van der Waals surface area (Å²) < 4.78 is 12.4. The fourth-order valence-electron chi connectivity index (χ4n) is 0.569. The monoisotopic (exact) mass is 125 g/mol. The van der Waals surface area contributed by atoms with Gasteiger partial charge in [0.1, 0.15) is 0 Å². The zero-order valence-electron chi connectivity index (χ0n) is 4.98. The van der Waals surface area contributed by atoms with Crippen molar-refractivity contribution in [3.8, 4) is 5.75 Å². The van der Waals surface area contributed by atoms with Gasteiger partial charge in [-0.3, -0.25) is 0 Å². The third-order valence-electron chi connectivity index (χ3n) is 1.11. The largest absolute Gasteiger partial charge is 0.504 e. The number of aryl methyl sites for hydroxylation is 1. The van der Waals surface area contributed by atoms with Crippen LogP contribution in [0.15, 0.2) is 12.1 Å². The molecule has 0 aliphatic rings. The van der Waals surface area contributed by atoms with Crippen molar-refractivity contribution < 1.29 is 9.50 Å². The highest BCUT2D eigenvalue weighted by atomic mass is 19.1. The topological polar surface area (TPSA) is 20.2 Å². The average molecular weight is 125 g/mol. The number of rotatable bonds is 0. The molecule has 0 saturated carbocycles. The second kappa shape index (κ2) is 2.05. The van der Waals surface area contributed by atoms with E-state index < -0.39 is 11.6 Å². The normalized spacial score (nSPS) is 9.56. The van der Waals surface area contributed by atoms with E-state index in [9.17, 15) is 4.39 Å². The molecule has 0 fully saturated rings. The summed E-state index contributed by atoms with van der Waals surface area (Å²) in [7, 11) is 0. The van der Waals surface area contributed by atoms with E-state index in [1.54, 1.807) is 13.0 Å². The lowest BCUT2D eigenvalue weighted by atomic mass is 10.2. The minimum Gasteiger partial charge on any atom is -0.504 e. The predicted molar refractivity (Wildman–Crippen MR) is 31.6 cm³/mol. The second-order valence-corrected chi connectivity index (χ2v) is 1.82. The Balaban J connectivity index is 3.25. The zero-order chi connectivity index (χ0) is 6.85. The van der Waals surface area contributed by atoms with Crippen LogP contribution in [0.25, 0.3) is 0 Å². The van der Waals surface area contributed by atoms with Gasteiger partial charge in [0.25, 0.3) is 0 Å². The summed E-state index contributed by atoms with van der Waals surface area (Å²) in [6.45, 7) is 1.59. The van der Waals surface area contributed by atoms with Gasteiger partial charge in [0.2, 0.25) is 0 Å². The molecule has 0 aliphatic carbocycles. The van der Waals surface area contributed by atoms with Crippen molar-refractivity contribution in [2.45, 2.75) is 6.92 Å². The second-order valence-electron chi connectivity index (χ2n) is 1.82. The van der Waals surface area contributed by atoms with Crippen LogP contribution in [0.3, 0.4) is 0 Å². The van der Waals surface area contributed by atoms with Gasteiger partial charge < -0.3 is 5.11 Å². The van der Waals surface area contributed by atoms with Gasteiger partial charge >= 0.3 is 0 Å². The van der Waals surface area contributed by atoms with E-state index in [-0.39, 0.29) is 0 Å². The molecule has 1 nitrogen and oxygen atoms in total. The van der Waals surface area contributed by atoms with Gasteiger partial charge in [-0.2, -0.15) is 0 Å². The Morgan fingerprint density at radius 2 is 2.33 bits per heavy atom. The summed E-state index contributed by atoms with van der Waals surface area (Å²) in [6.07, 6.45) is 0. The first-order valence-corrected chi connectivity index (χ1v) is 2.57. The molecule has 0 unspecified atom stereocenters. The molecule has 0 amide bonds. The standard InChI is InChI=1S/C7H6FO/c1-5-3-2-4-6(9)7(5)8/h2-3,9H,1H3. The van der Waals surface area contributed by atoms with Gasteiger partial charge in [-0.1, -0.05) is 12.1 Å². The Morgan fingerprint density at radius 1 is 1.67 bits per heavy atom. The van der Waals surface area contributed by atoms with Gasteiger partial charge in [0.15, 0.2) is 11.6 Å². The number of phenolic OH excluding ortho intramolecular Hbond substituents is 1. The molecule has 1 rings (SSSR count). The van der Waals surface area contributed by atoms with E-state index in [0.717, 1.165) is 0 Å². The minimum absolute atomic E-state index is 0.407. The van der Waals surface area contributed by atoms with Crippen LogP contribution in [0, 0.1) is 18.8 Å². The molecule has 1 aromatic rings. The van der Waals surface area contributed by atoms with Gasteiger partial charge in [-0.25, -0.2) is 4.39 Å². The summed E-state index contributed by atoms with van der Waals surface area (Å²) in [5, 5.41) is 8.67. The molecule has 0 atom stereocenters. The van der Waals surface area contributed by atoms with E-state index in [0.29, 0.717) is 5.56 Å². The smallest absolute Gasteiger partial charge is 0.168 e. The van der Waals surface area contributed by atoms with Crippen LogP contribution in [0.1, 0.15) is 5.56 Å². The van der Waals surface area contributed by atoms with E-state index >= 15 is 0 Å². The SMILES string of the molecule is Cc1cc[c]c(O)c1F. The molecule has 0 aliphatic heterocycles. The summed E-state index contributed by atoms with van der Waals surface area (Å²) in [5.74, 6) is -0.993. The van der Waals surface area contributed by atoms with Crippen molar-refractivity contribution >= 4 is 0 Å². The Labute approximate surface area is 52.8 Å². The number of hydrogen-bond acceptors (Lipinski definition) is 1. The van der Waals surface area contributed by atoms with Gasteiger partial charge in [0, 0.05) is 6.07 Å². The Hall–Kier alpha value is -1.05. The van der Waals surface area contributed by atoms with Crippen LogP contribution in [0.2, 0.25) is 0 Å². The lowest BCUT2D eigenvalue weighted by molar-refractivity contribution is 0.429. The Kier molecular flexibility index (Phi) is 1.39. The first kappa shape index (κ1) is 6.08. The number of benzene rings is 1. The highest BCUT2D eigenvalue weighted by Crippen LogP contribution is 2.15. The zero-order valence-corrected chi connectivity index (χ0v) is 4.98. The maximum Gasteiger partial charge on any atom is 0.168 e. The van der Waals surface area contributed by atoms with Crippen LogP contribution in [-0.4, -0.2) is 5.11 Å². The van der Waals surface area contributed by atoms with E-state index in [2.05, 4.69) is 6.07 Å². The lowest BCUT2D eigenvalue weighted by Crippen LogP contribution is -1.80. The molecule has 1 radical (unpaired) electrons. The summed E-state index contributed by atoms with van der Waals surface area (Å²) in [6, 6.07) is 5.35. The predicted octanol–water partition coefficient (Wildman–Crippen LogP) is 1.64. The fraction of sp³-hybridized carbons (Fsp3) is 0.143. The van der Waals surface area contributed by atoms with Crippen LogP contribution in [0.5, 0.6) is 5.75 Å². The fourth-order valence-corrected chi connectivity index (χ4v) is 0.569. The van der Waals surface area contributed by atoms with Gasteiger partial charge in [-0.05, 0) is 12.5 Å². The van der Waals surface area contributed by atoms with E-state index in [1.165, 1.54) is 6.07 Å². The third-order valence-corrected chi connectivity index (χ3v) is 1.11. The number of phenols is 1. The minimum atomic E-state index is -0.586. The highest BCUT2D eigenvalue weighted by molar-refractivity contribution is 5.27. The van der Waals surface area contributed by atoms with E-state index in [1.807, 2.05) is 0 Å². The van der Waals surface area contributed by atoms with Crippen molar-refractivity contribution in [1.82, 2.24) is 0 Å². The molecule has 9 heavy (non-hydrogen) atoms. The van der Waals surface area contributed by atoms with Crippen LogP contribution < -0.4 is 0 Å². The van der Waals surface area contributed by atoms with Crippen LogP contribution in [0.4, 0.5) is 4.39 Å². The Morgan fingerprint density at radius 3 is 2.78 bits per heavy atom. The molecule has 0 bridgehead atoms. The van der Waals surface area contributed by atoms with E-state index in [4.69, 9.17) is 5.11 Å². The molecular weight excluding hydrogens is 119 g/mol. The molecule has 0 heterocycles. The maximum atomic E-state index is 12.4. The number of aromatic hydroxyl groups is 1. The summed E-state index contributed by atoms with van der Waals surface area (Å²) in [5.41, 5.74) is 0.436. The van der Waals surface area contributed by atoms with Crippen molar-refractivity contribution in [2.75, 3.05) is 0 Å². The molecular formula is C7H6FO. The van der Waals surface area contributed by atoms with Crippen LogP contribution >= 0.6 is 0 Å². The van der Waals surface area contributed by atoms with Gasteiger partial charge in [0.05, 0.1) is 0 Å². The molecule has 47 valence electrons. The molecule has 0 spiro atoms. The molecule has 2 heteroatoms. The van der Waals surface area contributed by atoms with Crippen molar-refractivity contribution in [2.24, 2.45) is 0 Å². The van der Waals surface area contributed by atoms with Crippen molar-refractivity contribution in [3.05, 3.63) is 29.6 Å². The Bertz CT molecular complexity index is 200. The lowest BCUT2D eigenvalue weighted by Gasteiger charge is -1.94. The quantitative estimate of drug-likeness (QED) is 0.558. The highest BCUT2D eigenvalue weighted by Gasteiger charge is 2.00. The van der Waals surface area contributed by atoms with Crippen molar-refractivity contribution in [1.29, 1.82) is 0 Å². The molecule has 1 N–H and O–H groups in total. The molecule has 1 aromatic carbocycles. The summed E-state index contributed by atoms with van der Waals surface area (Å²) >= 11 is 0. The molecule has 0 aromatic heterocycles. The first-order valence-electron chi connectivity index (χ1n) is 2.57.